The van der Waals surface area contributed by atoms with E-state index in [2.05, 4.69) is 77.9 Å². The molecule has 2 N–H and O–H groups in total. The molecule has 0 fully saturated rings. The SMILES string of the molecule is CCNC(CSc1cc2ccccc2[nH]1)c1ccccc1. The predicted molar refractivity (Wildman–Crippen MR) is 91.9 cm³/mol. The predicted octanol–water partition coefficient (Wildman–Crippen LogP) is 4.61. The summed E-state index contributed by atoms with van der Waals surface area (Å²) in [5.74, 6) is 1.02. The fraction of sp³-hybridized carbons (Fsp3) is 0.222. The highest BCUT2D eigenvalue weighted by Crippen LogP contribution is 2.27. The van der Waals surface area contributed by atoms with Crippen LogP contribution in [0.2, 0.25) is 0 Å². The lowest BCUT2D eigenvalue weighted by atomic mass is 10.1. The Balaban J connectivity index is 1.71. The number of thioether (sulfide) groups is 1. The first-order chi connectivity index (χ1) is 10.4. The third-order valence-electron chi connectivity index (χ3n) is 3.56. The average Bonchev–Trinajstić information content (AvgIpc) is 2.95. The quantitative estimate of drug-likeness (QED) is 0.650. The first kappa shape index (κ1) is 14.2. The van der Waals surface area contributed by atoms with E-state index in [0.717, 1.165) is 12.3 Å². The number of hydrogen-bond acceptors (Lipinski definition) is 2. The van der Waals surface area contributed by atoms with Crippen molar-refractivity contribution in [1.29, 1.82) is 0 Å². The molecular weight excluding hydrogens is 276 g/mol. The minimum absolute atomic E-state index is 0.382. The van der Waals surface area contributed by atoms with E-state index in [1.807, 2.05) is 11.8 Å². The molecular formula is C18H20N2S. The number of rotatable bonds is 6. The normalized spacial score (nSPS) is 12.6. The van der Waals surface area contributed by atoms with Crippen LogP contribution in [0.3, 0.4) is 0 Å². The van der Waals surface area contributed by atoms with Gasteiger partial charge in [0.05, 0.1) is 5.03 Å². The summed E-state index contributed by atoms with van der Waals surface area (Å²) in [5.41, 5.74) is 2.56. The van der Waals surface area contributed by atoms with E-state index in [1.165, 1.54) is 21.5 Å². The number of fused-ring (bicyclic) bond motifs is 1. The summed E-state index contributed by atoms with van der Waals surface area (Å²) in [4.78, 5) is 3.48. The van der Waals surface area contributed by atoms with Gasteiger partial charge in [-0.15, -0.1) is 11.8 Å². The third-order valence-corrected chi connectivity index (χ3v) is 4.59. The van der Waals surface area contributed by atoms with E-state index in [1.54, 1.807) is 0 Å². The molecule has 0 spiro atoms. The Kier molecular flexibility index (Phi) is 4.63. The van der Waals surface area contributed by atoms with Crippen molar-refractivity contribution in [1.82, 2.24) is 10.3 Å². The molecule has 0 amide bonds. The van der Waals surface area contributed by atoms with E-state index in [4.69, 9.17) is 0 Å². The highest BCUT2D eigenvalue weighted by molar-refractivity contribution is 7.99. The number of H-pyrrole nitrogens is 1. The summed E-state index contributed by atoms with van der Waals surface area (Å²) in [7, 11) is 0. The number of benzene rings is 2. The molecule has 3 heteroatoms. The summed E-state index contributed by atoms with van der Waals surface area (Å²) < 4.78 is 0. The smallest absolute Gasteiger partial charge is 0.0733 e. The molecule has 1 heterocycles. The molecule has 21 heavy (non-hydrogen) atoms. The monoisotopic (exact) mass is 296 g/mol. The van der Waals surface area contributed by atoms with Gasteiger partial charge in [0, 0.05) is 22.7 Å². The molecule has 2 nitrogen and oxygen atoms in total. The van der Waals surface area contributed by atoms with Gasteiger partial charge in [0.15, 0.2) is 0 Å². The van der Waals surface area contributed by atoms with Crippen LogP contribution in [0.25, 0.3) is 10.9 Å². The summed E-state index contributed by atoms with van der Waals surface area (Å²) in [5, 5.41) is 6.08. The highest BCUT2D eigenvalue weighted by Gasteiger charge is 2.11. The molecule has 1 unspecified atom stereocenters. The lowest BCUT2D eigenvalue weighted by Gasteiger charge is -2.17. The van der Waals surface area contributed by atoms with Crippen molar-refractivity contribution in [3.05, 3.63) is 66.2 Å². The highest BCUT2D eigenvalue weighted by atomic mass is 32.2. The van der Waals surface area contributed by atoms with Crippen LogP contribution in [0.5, 0.6) is 0 Å². The molecule has 0 aliphatic heterocycles. The Bertz CT molecular complexity index is 658. The molecule has 108 valence electrons. The number of para-hydroxylation sites is 1. The van der Waals surface area contributed by atoms with Gasteiger partial charge in [-0.2, -0.15) is 0 Å². The van der Waals surface area contributed by atoms with Crippen molar-refractivity contribution in [2.75, 3.05) is 12.3 Å². The van der Waals surface area contributed by atoms with Crippen LogP contribution in [-0.4, -0.2) is 17.3 Å². The van der Waals surface area contributed by atoms with Gasteiger partial charge in [0.1, 0.15) is 0 Å². The Morgan fingerprint density at radius 3 is 2.57 bits per heavy atom. The second-order valence-corrected chi connectivity index (χ2v) is 6.11. The fourth-order valence-corrected chi connectivity index (χ4v) is 3.55. The molecule has 0 bridgehead atoms. The van der Waals surface area contributed by atoms with Gasteiger partial charge in [-0.05, 0) is 24.2 Å². The summed E-state index contributed by atoms with van der Waals surface area (Å²) in [6.07, 6.45) is 0. The Labute approximate surface area is 130 Å². The first-order valence-electron chi connectivity index (χ1n) is 7.35. The topological polar surface area (TPSA) is 27.8 Å². The van der Waals surface area contributed by atoms with Gasteiger partial charge in [0.2, 0.25) is 0 Å². The zero-order valence-corrected chi connectivity index (χ0v) is 13.0. The van der Waals surface area contributed by atoms with Gasteiger partial charge < -0.3 is 10.3 Å². The summed E-state index contributed by atoms with van der Waals surface area (Å²) in [6, 6.07) is 21.7. The van der Waals surface area contributed by atoms with Crippen molar-refractivity contribution in [2.24, 2.45) is 0 Å². The first-order valence-corrected chi connectivity index (χ1v) is 8.34. The Hall–Kier alpha value is -1.71. The third kappa shape index (κ3) is 3.49. The average molecular weight is 296 g/mol. The molecule has 1 aromatic heterocycles. The fourth-order valence-electron chi connectivity index (χ4n) is 2.50. The number of nitrogens with one attached hydrogen (secondary N) is 2. The van der Waals surface area contributed by atoms with Crippen molar-refractivity contribution >= 4 is 22.7 Å². The molecule has 0 aliphatic carbocycles. The maximum Gasteiger partial charge on any atom is 0.0733 e. The lowest BCUT2D eigenvalue weighted by molar-refractivity contribution is 0.606. The zero-order chi connectivity index (χ0) is 14.5. The maximum atomic E-state index is 3.57. The van der Waals surface area contributed by atoms with E-state index in [9.17, 15) is 0 Å². The van der Waals surface area contributed by atoms with E-state index >= 15 is 0 Å². The van der Waals surface area contributed by atoms with Crippen LogP contribution < -0.4 is 5.32 Å². The second kappa shape index (κ2) is 6.83. The maximum absolute atomic E-state index is 3.57. The minimum Gasteiger partial charge on any atom is -0.350 e. The summed E-state index contributed by atoms with van der Waals surface area (Å²) in [6.45, 7) is 3.14. The van der Waals surface area contributed by atoms with E-state index in [-0.39, 0.29) is 0 Å². The van der Waals surface area contributed by atoms with Crippen LogP contribution in [0.15, 0.2) is 65.7 Å². The van der Waals surface area contributed by atoms with E-state index < -0.39 is 0 Å². The van der Waals surface area contributed by atoms with Gasteiger partial charge >= 0.3 is 0 Å². The molecule has 2 aromatic carbocycles. The molecule has 3 rings (SSSR count). The van der Waals surface area contributed by atoms with Crippen LogP contribution in [0, 0.1) is 0 Å². The van der Waals surface area contributed by atoms with Crippen molar-refractivity contribution in [3.8, 4) is 0 Å². The van der Waals surface area contributed by atoms with E-state index in [0.29, 0.717) is 6.04 Å². The number of hydrogen-bond donors (Lipinski definition) is 2. The largest absolute Gasteiger partial charge is 0.350 e. The van der Waals surface area contributed by atoms with Crippen LogP contribution >= 0.6 is 11.8 Å². The van der Waals surface area contributed by atoms with Gasteiger partial charge in [0.25, 0.3) is 0 Å². The van der Waals surface area contributed by atoms with Crippen LogP contribution in [0.4, 0.5) is 0 Å². The molecule has 0 aliphatic rings. The zero-order valence-electron chi connectivity index (χ0n) is 12.2. The van der Waals surface area contributed by atoms with Gasteiger partial charge in [-0.3, -0.25) is 0 Å². The lowest BCUT2D eigenvalue weighted by Crippen LogP contribution is -2.22. The molecule has 0 saturated carbocycles. The van der Waals surface area contributed by atoms with Crippen molar-refractivity contribution in [3.63, 3.8) is 0 Å². The minimum atomic E-state index is 0.382. The van der Waals surface area contributed by atoms with Crippen LogP contribution in [0.1, 0.15) is 18.5 Å². The molecule has 0 radical (unpaired) electrons. The molecule has 0 saturated heterocycles. The standard InChI is InChI=1S/C18H20N2S/c1-2-19-17(14-8-4-3-5-9-14)13-21-18-12-15-10-6-7-11-16(15)20-18/h3-12,17,19-20H,2,13H2,1H3. The second-order valence-electron chi connectivity index (χ2n) is 5.05. The van der Waals surface area contributed by atoms with Crippen molar-refractivity contribution in [2.45, 2.75) is 18.0 Å². The molecule has 1 atom stereocenters. The number of aromatic amines is 1. The Morgan fingerprint density at radius 2 is 1.81 bits per heavy atom. The molecule has 3 aromatic rings. The van der Waals surface area contributed by atoms with Crippen molar-refractivity contribution < 1.29 is 0 Å². The van der Waals surface area contributed by atoms with Gasteiger partial charge in [-0.25, -0.2) is 0 Å². The summed E-state index contributed by atoms with van der Waals surface area (Å²) >= 11 is 1.87. The van der Waals surface area contributed by atoms with Crippen LogP contribution in [-0.2, 0) is 0 Å². The van der Waals surface area contributed by atoms with Gasteiger partial charge in [-0.1, -0.05) is 55.5 Å². The Morgan fingerprint density at radius 1 is 1.05 bits per heavy atom. The number of aromatic nitrogens is 1.